The molecule has 3 rings (SSSR count). The molecule has 0 fully saturated rings. The van der Waals surface area contributed by atoms with Gasteiger partial charge in [-0.15, -0.1) is 0 Å². The molecular weight excluding hydrogens is 410 g/mol. The number of ether oxygens (including phenoxy) is 2. The van der Waals surface area contributed by atoms with Crippen molar-refractivity contribution in [3.8, 4) is 17.2 Å². The van der Waals surface area contributed by atoms with E-state index in [0.29, 0.717) is 6.61 Å². The summed E-state index contributed by atoms with van der Waals surface area (Å²) in [6.07, 6.45) is 0.847. The highest BCUT2D eigenvalue weighted by atomic mass is 16.5. The van der Waals surface area contributed by atoms with Gasteiger partial charge in [0.05, 0.1) is 7.11 Å². The molecule has 0 radical (unpaired) electrons. The SMILES string of the molecule is CC/C(=C(\c1ccc(OCCN(CC)CC)cc1)c1cccc(O)c1)c1ccc(OC)cc1. The van der Waals surface area contributed by atoms with E-state index in [2.05, 4.69) is 49.9 Å². The first-order valence-electron chi connectivity index (χ1n) is 11.7. The number of hydrogen-bond acceptors (Lipinski definition) is 4. The molecule has 4 heteroatoms. The van der Waals surface area contributed by atoms with Crippen molar-refractivity contribution >= 4 is 11.1 Å². The van der Waals surface area contributed by atoms with Crippen LogP contribution in [0.2, 0.25) is 0 Å². The van der Waals surface area contributed by atoms with Gasteiger partial charge in [0, 0.05) is 6.54 Å². The topological polar surface area (TPSA) is 41.9 Å². The Balaban J connectivity index is 1.97. The van der Waals surface area contributed by atoms with Gasteiger partial charge in [-0.1, -0.05) is 57.2 Å². The van der Waals surface area contributed by atoms with Crippen molar-refractivity contribution in [3.63, 3.8) is 0 Å². The molecule has 0 saturated carbocycles. The molecule has 0 bridgehead atoms. The van der Waals surface area contributed by atoms with Gasteiger partial charge in [-0.05, 0) is 83.7 Å². The molecule has 0 amide bonds. The number of nitrogens with zero attached hydrogens (tertiary/aromatic N) is 1. The van der Waals surface area contributed by atoms with Gasteiger partial charge in [-0.25, -0.2) is 0 Å². The number of allylic oxidation sites excluding steroid dienone is 1. The number of phenolic OH excluding ortho intramolecular Hbond substituents is 1. The molecule has 0 spiro atoms. The largest absolute Gasteiger partial charge is 0.508 e. The first kappa shape index (κ1) is 24.4. The molecule has 174 valence electrons. The molecule has 0 saturated heterocycles. The lowest BCUT2D eigenvalue weighted by Crippen LogP contribution is -2.27. The molecular formula is C29H35NO3. The van der Waals surface area contributed by atoms with Crippen molar-refractivity contribution < 1.29 is 14.6 Å². The Morgan fingerprint density at radius 1 is 0.788 bits per heavy atom. The number of benzene rings is 3. The fraction of sp³-hybridized carbons (Fsp3) is 0.310. The lowest BCUT2D eigenvalue weighted by molar-refractivity contribution is 0.223. The summed E-state index contributed by atoms with van der Waals surface area (Å²) in [5.41, 5.74) is 5.52. The third-order valence-corrected chi connectivity index (χ3v) is 5.94. The molecule has 3 aromatic carbocycles. The first-order chi connectivity index (χ1) is 16.1. The predicted molar refractivity (Wildman–Crippen MR) is 137 cm³/mol. The van der Waals surface area contributed by atoms with Crippen LogP contribution in [-0.4, -0.2) is 43.4 Å². The summed E-state index contributed by atoms with van der Waals surface area (Å²) in [7, 11) is 1.68. The van der Waals surface area contributed by atoms with Crippen LogP contribution in [0.4, 0.5) is 0 Å². The van der Waals surface area contributed by atoms with E-state index in [-0.39, 0.29) is 5.75 Å². The smallest absolute Gasteiger partial charge is 0.119 e. The third-order valence-electron chi connectivity index (χ3n) is 5.94. The van der Waals surface area contributed by atoms with Gasteiger partial charge in [0.15, 0.2) is 0 Å². The molecule has 0 aliphatic heterocycles. The highest BCUT2D eigenvalue weighted by Gasteiger charge is 2.14. The molecule has 0 unspecified atom stereocenters. The zero-order chi connectivity index (χ0) is 23.6. The van der Waals surface area contributed by atoms with Crippen LogP contribution in [0.5, 0.6) is 17.2 Å². The van der Waals surface area contributed by atoms with E-state index < -0.39 is 0 Å². The number of aromatic hydroxyl groups is 1. The maximum Gasteiger partial charge on any atom is 0.119 e. The van der Waals surface area contributed by atoms with Crippen LogP contribution in [0.3, 0.4) is 0 Å². The Morgan fingerprint density at radius 3 is 2.00 bits per heavy atom. The van der Waals surface area contributed by atoms with E-state index in [9.17, 15) is 5.11 Å². The standard InChI is InChI=1S/C29H35NO3/c1-5-28(22-11-15-26(32-4)16-12-22)29(24-9-8-10-25(31)21-24)23-13-17-27(18-14-23)33-20-19-30(6-2)7-3/h8-18,21,31H,5-7,19-20H2,1-4H3/b29-28-. The van der Waals surface area contributed by atoms with Crippen LogP contribution in [-0.2, 0) is 0 Å². The zero-order valence-electron chi connectivity index (χ0n) is 20.2. The summed E-state index contributed by atoms with van der Waals surface area (Å²) in [6, 6.07) is 23.9. The Hall–Kier alpha value is -3.24. The second-order valence-electron chi connectivity index (χ2n) is 7.89. The summed E-state index contributed by atoms with van der Waals surface area (Å²) >= 11 is 0. The second kappa shape index (κ2) is 12.1. The molecule has 0 atom stereocenters. The monoisotopic (exact) mass is 445 g/mol. The van der Waals surface area contributed by atoms with E-state index in [0.717, 1.165) is 59.8 Å². The number of likely N-dealkylation sites (N-methyl/N-ethyl adjacent to an activating group) is 1. The molecule has 0 aliphatic rings. The van der Waals surface area contributed by atoms with Crippen LogP contribution in [0.1, 0.15) is 43.9 Å². The van der Waals surface area contributed by atoms with Gasteiger partial charge in [0.25, 0.3) is 0 Å². The number of methoxy groups -OCH3 is 1. The van der Waals surface area contributed by atoms with Gasteiger partial charge >= 0.3 is 0 Å². The van der Waals surface area contributed by atoms with Gasteiger partial charge in [-0.2, -0.15) is 0 Å². The molecule has 0 heterocycles. The minimum Gasteiger partial charge on any atom is -0.508 e. The summed E-state index contributed by atoms with van der Waals surface area (Å²) in [6.45, 7) is 10.1. The highest BCUT2D eigenvalue weighted by molar-refractivity contribution is 5.98. The minimum absolute atomic E-state index is 0.256. The Morgan fingerprint density at radius 2 is 1.42 bits per heavy atom. The molecule has 33 heavy (non-hydrogen) atoms. The lowest BCUT2D eigenvalue weighted by Gasteiger charge is -2.19. The quantitative estimate of drug-likeness (QED) is 0.343. The highest BCUT2D eigenvalue weighted by Crippen LogP contribution is 2.36. The van der Waals surface area contributed by atoms with Crippen molar-refractivity contribution in [2.24, 2.45) is 0 Å². The van der Waals surface area contributed by atoms with Gasteiger partial charge in [0.1, 0.15) is 23.9 Å². The zero-order valence-corrected chi connectivity index (χ0v) is 20.2. The van der Waals surface area contributed by atoms with Gasteiger partial charge in [-0.3, -0.25) is 0 Å². The normalized spacial score (nSPS) is 11.9. The molecule has 3 aromatic rings. The van der Waals surface area contributed by atoms with E-state index in [1.165, 1.54) is 5.57 Å². The number of hydrogen-bond donors (Lipinski definition) is 1. The van der Waals surface area contributed by atoms with Crippen molar-refractivity contribution in [2.75, 3.05) is 33.4 Å². The fourth-order valence-electron chi connectivity index (χ4n) is 4.04. The average molecular weight is 446 g/mol. The molecule has 0 aromatic heterocycles. The molecule has 0 aliphatic carbocycles. The second-order valence-corrected chi connectivity index (χ2v) is 7.89. The third kappa shape index (κ3) is 6.39. The summed E-state index contributed by atoms with van der Waals surface area (Å²) in [5.74, 6) is 1.95. The minimum atomic E-state index is 0.256. The summed E-state index contributed by atoms with van der Waals surface area (Å²) in [4.78, 5) is 2.35. The van der Waals surface area contributed by atoms with E-state index >= 15 is 0 Å². The van der Waals surface area contributed by atoms with Crippen molar-refractivity contribution in [1.82, 2.24) is 4.90 Å². The van der Waals surface area contributed by atoms with Crippen LogP contribution >= 0.6 is 0 Å². The fourth-order valence-corrected chi connectivity index (χ4v) is 4.04. The Kier molecular flexibility index (Phi) is 8.96. The van der Waals surface area contributed by atoms with Crippen LogP contribution in [0.15, 0.2) is 72.8 Å². The van der Waals surface area contributed by atoms with Crippen LogP contribution in [0, 0.1) is 0 Å². The number of rotatable bonds is 11. The maximum absolute atomic E-state index is 10.2. The van der Waals surface area contributed by atoms with Crippen molar-refractivity contribution in [1.29, 1.82) is 0 Å². The first-order valence-corrected chi connectivity index (χ1v) is 11.7. The number of phenols is 1. The van der Waals surface area contributed by atoms with Crippen molar-refractivity contribution in [3.05, 3.63) is 89.5 Å². The molecule has 1 N–H and O–H groups in total. The summed E-state index contributed by atoms with van der Waals surface area (Å²) < 4.78 is 11.3. The van der Waals surface area contributed by atoms with Gasteiger partial charge in [0.2, 0.25) is 0 Å². The van der Waals surface area contributed by atoms with Crippen LogP contribution in [0.25, 0.3) is 11.1 Å². The van der Waals surface area contributed by atoms with Crippen LogP contribution < -0.4 is 9.47 Å². The summed E-state index contributed by atoms with van der Waals surface area (Å²) in [5, 5.41) is 10.2. The Bertz CT molecular complexity index is 1040. The average Bonchev–Trinajstić information content (AvgIpc) is 2.86. The van der Waals surface area contributed by atoms with E-state index in [1.54, 1.807) is 13.2 Å². The predicted octanol–water partition coefficient (Wildman–Crippen LogP) is 6.49. The van der Waals surface area contributed by atoms with Crippen molar-refractivity contribution in [2.45, 2.75) is 27.2 Å². The maximum atomic E-state index is 10.2. The van der Waals surface area contributed by atoms with E-state index in [1.807, 2.05) is 42.5 Å². The molecule has 4 nitrogen and oxygen atoms in total. The lowest BCUT2D eigenvalue weighted by atomic mass is 9.88. The Labute approximate surface area is 198 Å². The van der Waals surface area contributed by atoms with E-state index in [4.69, 9.17) is 9.47 Å². The van der Waals surface area contributed by atoms with Gasteiger partial charge < -0.3 is 19.5 Å².